The number of carbonyl (C=O) groups excluding carboxylic acids is 1. The Morgan fingerprint density at radius 2 is 2.15 bits per heavy atom. The second kappa shape index (κ2) is 7.41. The van der Waals surface area contributed by atoms with Crippen molar-refractivity contribution >= 4 is 5.91 Å². The molecule has 1 aliphatic rings. The van der Waals surface area contributed by atoms with Crippen molar-refractivity contribution in [2.24, 2.45) is 0 Å². The molecule has 20 heavy (non-hydrogen) atoms. The third-order valence-corrected chi connectivity index (χ3v) is 3.96. The predicted octanol–water partition coefficient (Wildman–Crippen LogP) is 1.33. The van der Waals surface area contributed by atoms with Crippen LogP contribution in [0, 0.1) is 0 Å². The first-order valence-electron chi connectivity index (χ1n) is 7.42. The van der Waals surface area contributed by atoms with Gasteiger partial charge in [-0.05, 0) is 18.9 Å². The molecule has 1 heterocycles. The number of likely N-dealkylation sites (tertiary alicyclic amines) is 1. The van der Waals surface area contributed by atoms with Gasteiger partial charge in [0.2, 0.25) is 5.91 Å². The molecule has 110 valence electrons. The zero-order chi connectivity index (χ0) is 14.4. The van der Waals surface area contributed by atoms with Crippen LogP contribution in [0.1, 0.15) is 18.9 Å². The van der Waals surface area contributed by atoms with Crippen LogP contribution < -0.4 is 5.32 Å². The van der Waals surface area contributed by atoms with Gasteiger partial charge >= 0.3 is 0 Å². The van der Waals surface area contributed by atoms with Gasteiger partial charge in [-0.15, -0.1) is 0 Å². The first-order chi connectivity index (χ1) is 9.69. The molecule has 2 rings (SSSR count). The molecule has 0 aliphatic carbocycles. The van der Waals surface area contributed by atoms with Crippen LogP contribution in [0.4, 0.5) is 0 Å². The van der Waals surface area contributed by atoms with Crippen molar-refractivity contribution < 1.29 is 4.79 Å². The van der Waals surface area contributed by atoms with E-state index in [4.69, 9.17) is 0 Å². The zero-order valence-corrected chi connectivity index (χ0v) is 12.5. The van der Waals surface area contributed by atoms with Gasteiger partial charge in [-0.2, -0.15) is 0 Å². The monoisotopic (exact) mass is 275 g/mol. The zero-order valence-electron chi connectivity index (χ0n) is 12.5. The molecule has 1 aromatic rings. The van der Waals surface area contributed by atoms with Crippen molar-refractivity contribution in [3.05, 3.63) is 35.9 Å². The van der Waals surface area contributed by atoms with Crippen molar-refractivity contribution in [1.29, 1.82) is 0 Å². The summed E-state index contributed by atoms with van der Waals surface area (Å²) in [4.78, 5) is 16.0. The Morgan fingerprint density at radius 3 is 2.85 bits per heavy atom. The van der Waals surface area contributed by atoms with Crippen molar-refractivity contribution in [1.82, 2.24) is 15.1 Å². The summed E-state index contributed by atoms with van der Waals surface area (Å²) in [6.45, 7) is 6.35. The van der Waals surface area contributed by atoms with E-state index >= 15 is 0 Å². The van der Waals surface area contributed by atoms with E-state index in [0.29, 0.717) is 12.6 Å². The second-order valence-corrected chi connectivity index (χ2v) is 5.50. The fourth-order valence-corrected chi connectivity index (χ4v) is 2.53. The smallest absolute Gasteiger partial charge is 0.236 e. The average Bonchev–Trinajstić information content (AvgIpc) is 2.92. The molecule has 1 saturated heterocycles. The predicted molar refractivity (Wildman–Crippen MR) is 81.4 cm³/mol. The number of likely N-dealkylation sites (N-methyl/N-ethyl adjacent to an activating group) is 1. The molecule has 1 fully saturated rings. The van der Waals surface area contributed by atoms with Crippen LogP contribution in [0.3, 0.4) is 0 Å². The van der Waals surface area contributed by atoms with Gasteiger partial charge in [0.15, 0.2) is 0 Å². The molecule has 1 amide bonds. The minimum Gasteiger partial charge on any atom is -0.345 e. The highest BCUT2D eigenvalue weighted by Crippen LogP contribution is 2.13. The highest BCUT2D eigenvalue weighted by atomic mass is 16.2. The molecule has 0 aromatic heterocycles. The molecule has 1 atom stereocenters. The van der Waals surface area contributed by atoms with Gasteiger partial charge in [0, 0.05) is 39.3 Å². The topological polar surface area (TPSA) is 35.6 Å². The van der Waals surface area contributed by atoms with Crippen LogP contribution >= 0.6 is 0 Å². The van der Waals surface area contributed by atoms with Crippen LogP contribution in [0.2, 0.25) is 0 Å². The largest absolute Gasteiger partial charge is 0.345 e. The number of nitrogens with one attached hydrogen (secondary N) is 1. The molecule has 0 radical (unpaired) electrons. The van der Waals surface area contributed by atoms with Crippen LogP contribution in [0.25, 0.3) is 0 Å². The lowest BCUT2D eigenvalue weighted by molar-refractivity contribution is -0.128. The standard InChI is InChI=1S/C16H25N3O/c1-3-18(2)16(20)11-17-15-9-10-19(13-15)12-14-7-5-4-6-8-14/h4-8,15,17H,3,9-13H2,1-2H3. The maximum Gasteiger partial charge on any atom is 0.236 e. The van der Waals surface area contributed by atoms with E-state index in [1.54, 1.807) is 4.90 Å². The highest BCUT2D eigenvalue weighted by molar-refractivity contribution is 5.77. The van der Waals surface area contributed by atoms with Crippen LogP contribution in [0.5, 0.6) is 0 Å². The van der Waals surface area contributed by atoms with Gasteiger partial charge in [0.1, 0.15) is 0 Å². The van der Waals surface area contributed by atoms with E-state index in [0.717, 1.165) is 32.6 Å². The summed E-state index contributed by atoms with van der Waals surface area (Å²) in [6, 6.07) is 11.0. The summed E-state index contributed by atoms with van der Waals surface area (Å²) in [5, 5.41) is 3.38. The molecule has 4 nitrogen and oxygen atoms in total. The highest BCUT2D eigenvalue weighted by Gasteiger charge is 2.22. The van der Waals surface area contributed by atoms with E-state index in [9.17, 15) is 4.79 Å². The fourth-order valence-electron chi connectivity index (χ4n) is 2.53. The number of nitrogens with zero attached hydrogens (tertiary/aromatic N) is 2. The number of benzene rings is 1. The lowest BCUT2D eigenvalue weighted by atomic mass is 10.2. The Kier molecular flexibility index (Phi) is 5.56. The summed E-state index contributed by atoms with van der Waals surface area (Å²) in [5.41, 5.74) is 1.36. The molecule has 0 saturated carbocycles. The van der Waals surface area contributed by atoms with E-state index in [1.807, 2.05) is 20.0 Å². The molecule has 0 spiro atoms. The number of amides is 1. The van der Waals surface area contributed by atoms with E-state index in [1.165, 1.54) is 5.56 Å². The van der Waals surface area contributed by atoms with Crippen LogP contribution in [-0.2, 0) is 11.3 Å². The van der Waals surface area contributed by atoms with Gasteiger partial charge < -0.3 is 10.2 Å². The Labute approximate surface area is 121 Å². The van der Waals surface area contributed by atoms with Crippen LogP contribution in [-0.4, -0.2) is 55.0 Å². The molecule has 0 bridgehead atoms. The van der Waals surface area contributed by atoms with Crippen molar-refractivity contribution in [2.75, 3.05) is 33.2 Å². The Balaban J connectivity index is 1.71. The van der Waals surface area contributed by atoms with Crippen molar-refractivity contribution in [3.63, 3.8) is 0 Å². The number of hydrogen-bond donors (Lipinski definition) is 1. The first kappa shape index (κ1) is 15.0. The Bertz CT molecular complexity index is 421. The SMILES string of the molecule is CCN(C)C(=O)CNC1CCN(Cc2ccccc2)C1. The number of hydrogen-bond acceptors (Lipinski definition) is 3. The van der Waals surface area contributed by atoms with Gasteiger partial charge in [0.25, 0.3) is 0 Å². The lowest BCUT2D eigenvalue weighted by Crippen LogP contribution is -2.41. The maximum absolute atomic E-state index is 11.8. The third kappa shape index (κ3) is 4.32. The Hall–Kier alpha value is -1.39. The fraction of sp³-hybridized carbons (Fsp3) is 0.562. The summed E-state index contributed by atoms with van der Waals surface area (Å²) in [5.74, 6) is 0.175. The molecule has 1 aromatic carbocycles. The third-order valence-electron chi connectivity index (χ3n) is 3.96. The van der Waals surface area contributed by atoms with Gasteiger partial charge in [-0.3, -0.25) is 9.69 Å². The summed E-state index contributed by atoms with van der Waals surface area (Å²) < 4.78 is 0. The molecule has 1 N–H and O–H groups in total. The minimum absolute atomic E-state index is 0.175. The number of carbonyl (C=O) groups is 1. The molecule has 1 aliphatic heterocycles. The van der Waals surface area contributed by atoms with Gasteiger partial charge in [-0.1, -0.05) is 30.3 Å². The van der Waals surface area contributed by atoms with E-state index in [2.05, 4.69) is 34.5 Å². The quantitative estimate of drug-likeness (QED) is 0.851. The first-order valence-corrected chi connectivity index (χ1v) is 7.42. The summed E-state index contributed by atoms with van der Waals surface area (Å²) >= 11 is 0. The molecular formula is C16H25N3O. The summed E-state index contributed by atoms with van der Waals surface area (Å²) in [7, 11) is 1.85. The van der Waals surface area contributed by atoms with Gasteiger partial charge in [0.05, 0.1) is 6.54 Å². The van der Waals surface area contributed by atoms with Crippen LogP contribution in [0.15, 0.2) is 30.3 Å². The van der Waals surface area contributed by atoms with E-state index < -0.39 is 0 Å². The number of rotatable bonds is 6. The maximum atomic E-state index is 11.8. The molecule has 4 heteroatoms. The lowest BCUT2D eigenvalue weighted by Gasteiger charge is -2.18. The summed E-state index contributed by atoms with van der Waals surface area (Å²) in [6.07, 6.45) is 1.12. The van der Waals surface area contributed by atoms with Crippen molar-refractivity contribution in [3.8, 4) is 0 Å². The normalized spacial score (nSPS) is 19.2. The minimum atomic E-state index is 0.175. The van der Waals surface area contributed by atoms with Crippen molar-refractivity contribution in [2.45, 2.75) is 25.9 Å². The Morgan fingerprint density at radius 1 is 1.40 bits per heavy atom. The van der Waals surface area contributed by atoms with E-state index in [-0.39, 0.29) is 5.91 Å². The van der Waals surface area contributed by atoms with Gasteiger partial charge in [-0.25, -0.2) is 0 Å². The molecule has 1 unspecified atom stereocenters. The average molecular weight is 275 g/mol. The molecular weight excluding hydrogens is 250 g/mol. The second-order valence-electron chi connectivity index (χ2n) is 5.50.